The summed E-state index contributed by atoms with van der Waals surface area (Å²) < 4.78 is 5.06. The molecule has 2 amide bonds. The minimum absolute atomic E-state index is 0.247. The number of nitrogens with zero attached hydrogens (tertiary/aromatic N) is 1. The first kappa shape index (κ1) is 11.1. The third-order valence-electron chi connectivity index (χ3n) is 1.79. The van der Waals surface area contributed by atoms with Crippen LogP contribution in [0.25, 0.3) is 0 Å². The normalized spacial score (nSPS) is 25.3. The average Bonchev–Trinajstić information content (AvgIpc) is 2.96. The Balaban J connectivity index is 2.09. The van der Waals surface area contributed by atoms with Crippen molar-refractivity contribution in [2.24, 2.45) is 16.5 Å². The average molecular weight is 201 g/mol. The summed E-state index contributed by atoms with van der Waals surface area (Å²) in [6.45, 7) is 1.48. The van der Waals surface area contributed by atoms with Gasteiger partial charge in [0.15, 0.2) is 5.72 Å². The van der Waals surface area contributed by atoms with Gasteiger partial charge in [-0.25, -0.2) is 9.79 Å². The summed E-state index contributed by atoms with van der Waals surface area (Å²) in [6.07, 6.45) is 1.33. The summed E-state index contributed by atoms with van der Waals surface area (Å²) in [6, 6.07) is -0.434. The van der Waals surface area contributed by atoms with Crippen molar-refractivity contribution in [2.75, 3.05) is 26.4 Å². The molecule has 7 heteroatoms. The first-order chi connectivity index (χ1) is 6.72. The number of epoxide rings is 1. The molecule has 0 spiro atoms. The Kier molecular flexibility index (Phi) is 3.96. The number of nitrogens with one attached hydrogen (secondary N) is 2. The zero-order valence-corrected chi connectivity index (χ0v) is 7.82. The largest absolute Gasteiger partial charge is 0.352 e. The molecule has 0 aromatic rings. The Morgan fingerprint density at radius 1 is 1.64 bits per heavy atom. The van der Waals surface area contributed by atoms with Crippen molar-refractivity contribution >= 4 is 12.2 Å². The van der Waals surface area contributed by atoms with E-state index < -0.39 is 11.8 Å². The molecule has 1 fully saturated rings. The van der Waals surface area contributed by atoms with Crippen LogP contribution in [0.3, 0.4) is 0 Å². The smallest absolute Gasteiger partial charge is 0.341 e. The number of hydrogen-bond acceptors (Lipinski definition) is 5. The van der Waals surface area contributed by atoms with Crippen LogP contribution in [0.1, 0.15) is 0 Å². The lowest BCUT2D eigenvalue weighted by atomic mass is 10.3. The first-order valence-electron chi connectivity index (χ1n) is 4.32. The molecule has 0 aromatic carbocycles. The van der Waals surface area contributed by atoms with Gasteiger partial charge in [0.25, 0.3) is 0 Å². The van der Waals surface area contributed by atoms with Gasteiger partial charge < -0.3 is 21.5 Å². The van der Waals surface area contributed by atoms with E-state index in [0.717, 1.165) is 0 Å². The zero-order valence-electron chi connectivity index (χ0n) is 7.82. The van der Waals surface area contributed by atoms with Gasteiger partial charge in [-0.3, -0.25) is 5.32 Å². The molecule has 0 aliphatic carbocycles. The quantitative estimate of drug-likeness (QED) is 0.232. The lowest BCUT2D eigenvalue weighted by Gasteiger charge is -2.10. The summed E-state index contributed by atoms with van der Waals surface area (Å²) in [5.41, 5.74) is 10.1. The van der Waals surface area contributed by atoms with Gasteiger partial charge in [0.1, 0.15) is 0 Å². The van der Waals surface area contributed by atoms with E-state index in [0.29, 0.717) is 13.2 Å². The van der Waals surface area contributed by atoms with Crippen molar-refractivity contribution < 1.29 is 9.53 Å². The summed E-state index contributed by atoms with van der Waals surface area (Å²) in [7, 11) is 0. The summed E-state index contributed by atoms with van der Waals surface area (Å²) in [5.74, 6) is 0. The molecule has 1 heterocycles. The molecule has 1 aliphatic heterocycles. The number of aliphatic imine (C=N–C) groups is 1. The van der Waals surface area contributed by atoms with Crippen LogP contribution in [0, 0.1) is 0 Å². The van der Waals surface area contributed by atoms with Crippen molar-refractivity contribution in [1.29, 1.82) is 0 Å². The first-order valence-corrected chi connectivity index (χ1v) is 4.32. The molecular weight excluding hydrogens is 186 g/mol. The van der Waals surface area contributed by atoms with Gasteiger partial charge in [-0.1, -0.05) is 0 Å². The molecular formula is C7H15N5O2. The Morgan fingerprint density at radius 3 is 2.86 bits per heavy atom. The van der Waals surface area contributed by atoms with Crippen molar-refractivity contribution in [2.45, 2.75) is 5.72 Å². The van der Waals surface area contributed by atoms with Crippen LogP contribution in [-0.2, 0) is 4.74 Å². The van der Waals surface area contributed by atoms with Crippen molar-refractivity contribution in [3.05, 3.63) is 0 Å². The second-order valence-corrected chi connectivity index (χ2v) is 2.87. The van der Waals surface area contributed by atoms with Crippen molar-refractivity contribution in [3.63, 3.8) is 0 Å². The van der Waals surface area contributed by atoms with Gasteiger partial charge in [-0.05, 0) is 0 Å². The second kappa shape index (κ2) is 5.01. The molecule has 0 saturated carbocycles. The van der Waals surface area contributed by atoms with Gasteiger partial charge in [0, 0.05) is 19.3 Å². The fraction of sp³-hybridized carbons (Fsp3) is 0.714. The molecule has 0 aromatic heterocycles. The highest BCUT2D eigenvalue weighted by molar-refractivity contribution is 5.83. The van der Waals surface area contributed by atoms with Gasteiger partial charge in [0.2, 0.25) is 0 Å². The van der Waals surface area contributed by atoms with E-state index in [-0.39, 0.29) is 13.2 Å². The minimum atomic E-state index is -0.440. The lowest BCUT2D eigenvalue weighted by Crippen LogP contribution is -2.45. The maximum Gasteiger partial charge on any atom is 0.341 e. The summed E-state index contributed by atoms with van der Waals surface area (Å²) in [5, 5.41) is 5.45. The molecule has 1 unspecified atom stereocenters. The van der Waals surface area contributed by atoms with E-state index in [4.69, 9.17) is 16.2 Å². The van der Waals surface area contributed by atoms with Crippen LogP contribution >= 0.6 is 0 Å². The number of urea groups is 1. The maximum absolute atomic E-state index is 10.9. The lowest BCUT2D eigenvalue weighted by molar-refractivity contribution is 0.237. The number of carbonyl (C=O) groups excluding carboxylic acids is 1. The highest BCUT2D eigenvalue weighted by atomic mass is 16.6. The topological polar surface area (TPSA) is 118 Å². The van der Waals surface area contributed by atoms with Gasteiger partial charge >= 0.3 is 6.03 Å². The molecule has 80 valence electrons. The number of rotatable bonds is 5. The van der Waals surface area contributed by atoms with Gasteiger partial charge in [-0.2, -0.15) is 0 Å². The number of hydrogen-bond donors (Lipinski definition) is 4. The standard InChI is InChI=1S/C7H15N5O2/c8-1-2-10-6(13)11-5-12-7(3-9)4-14-7/h2,12H,1,3-5,8-9H2,(H,11,13). The Morgan fingerprint density at radius 2 is 2.36 bits per heavy atom. The van der Waals surface area contributed by atoms with E-state index in [1.807, 2.05) is 0 Å². The summed E-state index contributed by atoms with van der Waals surface area (Å²) in [4.78, 5) is 14.4. The Hall–Kier alpha value is -1.02. The zero-order chi connectivity index (χ0) is 10.4. The number of carbonyl (C=O) groups is 1. The Labute approximate surface area is 81.9 Å². The van der Waals surface area contributed by atoms with Crippen LogP contribution in [0.4, 0.5) is 4.79 Å². The third-order valence-corrected chi connectivity index (χ3v) is 1.79. The number of amides is 2. The molecule has 0 radical (unpaired) electrons. The molecule has 0 bridgehead atoms. The predicted octanol–water partition coefficient (Wildman–Crippen LogP) is -2.04. The highest BCUT2D eigenvalue weighted by Gasteiger charge is 2.42. The third kappa shape index (κ3) is 3.38. The van der Waals surface area contributed by atoms with Crippen LogP contribution < -0.4 is 22.1 Å². The maximum atomic E-state index is 10.9. The van der Waals surface area contributed by atoms with E-state index in [9.17, 15) is 4.79 Å². The predicted molar refractivity (Wildman–Crippen MR) is 51.8 cm³/mol. The fourth-order valence-corrected chi connectivity index (χ4v) is 0.841. The highest BCUT2D eigenvalue weighted by Crippen LogP contribution is 2.20. The number of ether oxygens (including phenoxy) is 1. The van der Waals surface area contributed by atoms with Crippen LogP contribution in [-0.4, -0.2) is 44.3 Å². The SMILES string of the molecule is NCC=NC(=O)NCNC1(CN)CO1. The van der Waals surface area contributed by atoms with E-state index in [2.05, 4.69) is 15.6 Å². The molecule has 1 rings (SSSR count). The van der Waals surface area contributed by atoms with Gasteiger partial charge in [-0.15, -0.1) is 0 Å². The van der Waals surface area contributed by atoms with Crippen molar-refractivity contribution in [1.82, 2.24) is 10.6 Å². The molecule has 14 heavy (non-hydrogen) atoms. The molecule has 6 N–H and O–H groups in total. The van der Waals surface area contributed by atoms with E-state index in [1.54, 1.807) is 0 Å². The second-order valence-electron chi connectivity index (χ2n) is 2.87. The number of nitrogens with two attached hydrogens (primary N) is 2. The van der Waals surface area contributed by atoms with E-state index >= 15 is 0 Å². The summed E-state index contributed by atoms with van der Waals surface area (Å²) >= 11 is 0. The van der Waals surface area contributed by atoms with E-state index in [1.165, 1.54) is 6.21 Å². The minimum Gasteiger partial charge on any atom is -0.352 e. The Bertz CT molecular complexity index is 226. The molecule has 7 nitrogen and oxygen atoms in total. The molecule has 1 atom stereocenters. The van der Waals surface area contributed by atoms with Crippen LogP contribution in [0.15, 0.2) is 4.99 Å². The molecule has 1 saturated heterocycles. The van der Waals surface area contributed by atoms with Crippen LogP contribution in [0.2, 0.25) is 0 Å². The molecule has 1 aliphatic rings. The van der Waals surface area contributed by atoms with Crippen molar-refractivity contribution in [3.8, 4) is 0 Å². The monoisotopic (exact) mass is 201 g/mol. The van der Waals surface area contributed by atoms with Crippen LogP contribution in [0.5, 0.6) is 0 Å². The fourth-order valence-electron chi connectivity index (χ4n) is 0.841. The van der Waals surface area contributed by atoms with Gasteiger partial charge in [0.05, 0.1) is 13.3 Å².